The summed E-state index contributed by atoms with van der Waals surface area (Å²) < 4.78 is 0. The summed E-state index contributed by atoms with van der Waals surface area (Å²) in [6.45, 7) is 1.63. The molecule has 1 aliphatic heterocycles. The van der Waals surface area contributed by atoms with Gasteiger partial charge < -0.3 is 10.6 Å². The Labute approximate surface area is 148 Å². The minimum Gasteiger partial charge on any atom is -0.332 e. The van der Waals surface area contributed by atoms with Gasteiger partial charge in [-0.25, -0.2) is 9.86 Å². The van der Waals surface area contributed by atoms with E-state index in [-0.39, 0.29) is 17.9 Å². The van der Waals surface area contributed by atoms with Crippen LogP contribution in [0.15, 0.2) is 24.3 Å². The van der Waals surface area contributed by atoms with Crippen LogP contribution in [-0.2, 0) is 16.2 Å². The molecule has 2 fully saturated rings. The molecule has 0 aromatic heterocycles. The van der Waals surface area contributed by atoms with Crippen LogP contribution in [0.4, 0.5) is 10.5 Å². The van der Waals surface area contributed by atoms with Gasteiger partial charge in [0.15, 0.2) is 0 Å². The van der Waals surface area contributed by atoms with Gasteiger partial charge in [0.2, 0.25) is 5.91 Å². The zero-order valence-corrected chi connectivity index (χ0v) is 14.6. The van der Waals surface area contributed by atoms with Gasteiger partial charge in [0, 0.05) is 18.2 Å². The Balaban J connectivity index is 1.50. The number of nitrogens with zero attached hydrogens (tertiary/aromatic N) is 1. The first-order valence-corrected chi connectivity index (χ1v) is 9.30. The number of carbonyl (C=O) groups is 2. The summed E-state index contributed by atoms with van der Waals surface area (Å²) in [7, 11) is 0. The molecule has 0 radical (unpaired) electrons. The van der Waals surface area contributed by atoms with E-state index in [4.69, 9.17) is 4.84 Å². The lowest BCUT2D eigenvalue weighted by atomic mass is 9.88. The first kappa shape index (κ1) is 17.7. The lowest BCUT2D eigenvalue weighted by Crippen LogP contribution is -2.42. The van der Waals surface area contributed by atoms with Crippen LogP contribution in [0.5, 0.6) is 0 Å². The number of urea groups is 1. The Bertz CT molecular complexity index is 593. The van der Waals surface area contributed by atoms with Gasteiger partial charge in [0.25, 0.3) is 0 Å². The third-order valence-corrected chi connectivity index (χ3v) is 4.84. The van der Waals surface area contributed by atoms with Crippen LogP contribution < -0.4 is 10.6 Å². The lowest BCUT2D eigenvalue weighted by Gasteiger charge is -2.26. The molecule has 1 heterocycles. The number of amides is 3. The number of anilines is 1. The summed E-state index contributed by atoms with van der Waals surface area (Å²) in [4.78, 5) is 29.7. The second kappa shape index (κ2) is 8.85. The van der Waals surface area contributed by atoms with E-state index in [2.05, 4.69) is 10.6 Å². The van der Waals surface area contributed by atoms with E-state index < -0.39 is 0 Å². The highest BCUT2D eigenvalue weighted by molar-refractivity contribution is 5.92. The van der Waals surface area contributed by atoms with Gasteiger partial charge in [0.05, 0.1) is 13.2 Å². The third-order valence-electron chi connectivity index (χ3n) is 4.84. The van der Waals surface area contributed by atoms with Gasteiger partial charge in [-0.2, -0.15) is 0 Å². The fraction of sp³-hybridized carbons (Fsp3) is 0.579. The minimum atomic E-state index is -0.212. The molecular weight excluding hydrogens is 318 g/mol. The normalized spacial score (nSPS) is 18.6. The van der Waals surface area contributed by atoms with Crippen LogP contribution in [-0.4, -0.2) is 30.2 Å². The first-order valence-electron chi connectivity index (χ1n) is 9.30. The molecule has 3 amide bonds. The number of hydroxylamine groups is 2. The Kier molecular flexibility index (Phi) is 6.28. The highest BCUT2D eigenvalue weighted by Crippen LogP contribution is 2.25. The molecule has 1 aliphatic carbocycles. The standard InChI is InChI=1S/C19H27N3O3/c23-18(16-8-2-1-3-9-16)21-17-10-6-7-15(13-17)14-20-19(24)22-11-4-5-12-25-22/h6-7,10,13,16H,1-5,8-9,11-12,14H2,(H,20,24)(H,21,23). The number of hydrogen-bond donors (Lipinski definition) is 2. The van der Waals surface area contributed by atoms with Crippen molar-refractivity contribution in [2.24, 2.45) is 5.92 Å². The Morgan fingerprint density at radius 1 is 1.12 bits per heavy atom. The van der Waals surface area contributed by atoms with Crippen LogP contribution >= 0.6 is 0 Å². The van der Waals surface area contributed by atoms with Crippen molar-refractivity contribution < 1.29 is 14.4 Å². The van der Waals surface area contributed by atoms with Crippen molar-refractivity contribution in [2.75, 3.05) is 18.5 Å². The molecule has 3 rings (SSSR count). The first-order chi connectivity index (χ1) is 12.2. The van der Waals surface area contributed by atoms with Crippen LogP contribution in [0.2, 0.25) is 0 Å². The molecule has 0 atom stereocenters. The van der Waals surface area contributed by atoms with Gasteiger partial charge in [-0.1, -0.05) is 31.4 Å². The second-order valence-electron chi connectivity index (χ2n) is 6.83. The van der Waals surface area contributed by atoms with Crippen LogP contribution in [0.3, 0.4) is 0 Å². The molecule has 1 saturated carbocycles. The van der Waals surface area contributed by atoms with Crippen LogP contribution in [0.25, 0.3) is 0 Å². The maximum atomic E-state index is 12.3. The third kappa shape index (κ3) is 5.19. The summed E-state index contributed by atoms with van der Waals surface area (Å²) in [5.74, 6) is 0.246. The molecule has 1 aromatic carbocycles. The predicted octanol–water partition coefficient (Wildman–Crippen LogP) is 3.44. The van der Waals surface area contributed by atoms with Crippen molar-refractivity contribution in [1.29, 1.82) is 0 Å². The van der Waals surface area contributed by atoms with E-state index >= 15 is 0 Å². The molecule has 0 unspecified atom stereocenters. The molecule has 2 aliphatic rings. The molecular formula is C19H27N3O3. The summed E-state index contributed by atoms with van der Waals surface area (Å²) in [5.41, 5.74) is 1.74. The molecule has 25 heavy (non-hydrogen) atoms. The van der Waals surface area contributed by atoms with Crippen molar-refractivity contribution in [3.8, 4) is 0 Å². The SMILES string of the molecule is O=C(Nc1cccc(CNC(=O)N2CCCCO2)c1)C1CCCCC1. The van der Waals surface area contributed by atoms with E-state index in [1.54, 1.807) is 0 Å². The Morgan fingerprint density at radius 2 is 1.96 bits per heavy atom. The van der Waals surface area contributed by atoms with Crippen LogP contribution in [0, 0.1) is 5.92 Å². The predicted molar refractivity (Wildman–Crippen MR) is 95.8 cm³/mol. The summed E-state index contributed by atoms with van der Waals surface area (Å²) in [5, 5.41) is 7.27. The lowest BCUT2D eigenvalue weighted by molar-refractivity contribution is -0.139. The number of benzene rings is 1. The van der Waals surface area contributed by atoms with Gasteiger partial charge in [0.1, 0.15) is 0 Å². The van der Waals surface area contributed by atoms with E-state index in [1.165, 1.54) is 11.5 Å². The number of rotatable bonds is 4. The summed E-state index contributed by atoms with van der Waals surface area (Å²) >= 11 is 0. The maximum Gasteiger partial charge on any atom is 0.341 e. The maximum absolute atomic E-state index is 12.3. The molecule has 6 heteroatoms. The fourth-order valence-electron chi connectivity index (χ4n) is 3.39. The van der Waals surface area contributed by atoms with Crippen molar-refractivity contribution in [3.63, 3.8) is 0 Å². The van der Waals surface area contributed by atoms with Gasteiger partial charge in [-0.15, -0.1) is 0 Å². The van der Waals surface area contributed by atoms with Crippen molar-refractivity contribution >= 4 is 17.6 Å². The van der Waals surface area contributed by atoms with Crippen LogP contribution in [0.1, 0.15) is 50.5 Å². The van der Waals surface area contributed by atoms with E-state index in [1.807, 2.05) is 24.3 Å². The van der Waals surface area contributed by atoms with Gasteiger partial charge in [-0.3, -0.25) is 9.63 Å². The Hall–Kier alpha value is -2.08. The van der Waals surface area contributed by atoms with Gasteiger partial charge >= 0.3 is 6.03 Å². The quantitative estimate of drug-likeness (QED) is 0.878. The zero-order chi connectivity index (χ0) is 17.5. The molecule has 2 N–H and O–H groups in total. The number of hydrogen-bond acceptors (Lipinski definition) is 3. The molecule has 0 spiro atoms. The molecule has 6 nitrogen and oxygen atoms in total. The average molecular weight is 345 g/mol. The minimum absolute atomic E-state index is 0.114. The monoisotopic (exact) mass is 345 g/mol. The highest BCUT2D eigenvalue weighted by Gasteiger charge is 2.21. The molecule has 136 valence electrons. The second-order valence-corrected chi connectivity index (χ2v) is 6.83. The summed E-state index contributed by atoms with van der Waals surface area (Å²) in [6, 6.07) is 7.43. The molecule has 0 bridgehead atoms. The summed E-state index contributed by atoms with van der Waals surface area (Å²) in [6.07, 6.45) is 7.45. The van der Waals surface area contributed by atoms with Crippen molar-refractivity contribution in [3.05, 3.63) is 29.8 Å². The van der Waals surface area contributed by atoms with E-state index in [0.29, 0.717) is 19.7 Å². The number of nitrogens with one attached hydrogen (secondary N) is 2. The average Bonchev–Trinajstić information content (AvgIpc) is 2.68. The zero-order valence-electron chi connectivity index (χ0n) is 14.6. The fourth-order valence-corrected chi connectivity index (χ4v) is 3.39. The van der Waals surface area contributed by atoms with Gasteiger partial charge in [-0.05, 0) is 43.4 Å². The topological polar surface area (TPSA) is 70.7 Å². The molecule has 1 saturated heterocycles. The molecule has 1 aromatic rings. The van der Waals surface area contributed by atoms with E-state index in [0.717, 1.165) is 49.8 Å². The van der Waals surface area contributed by atoms with Crippen molar-refractivity contribution in [2.45, 2.75) is 51.5 Å². The largest absolute Gasteiger partial charge is 0.341 e. The highest BCUT2D eigenvalue weighted by atomic mass is 16.7. The number of carbonyl (C=O) groups excluding carboxylic acids is 2. The smallest absolute Gasteiger partial charge is 0.332 e. The van der Waals surface area contributed by atoms with E-state index in [9.17, 15) is 9.59 Å². The van der Waals surface area contributed by atoms with Crippen molar-refractivity contribution in [1.82, 2.24) is 10.4 Å². The Morgan fingerprint density at radius 3 is 2.72 bits per heavy atom.